The van der Waals surface area contributed by atoms with Crippen LogP contribution >= 0.6 is 11.8 Å². The molecule has 0 aliphatic rings. The van der Waals surface area contributed by atoms with Gasteiger partial charge in [0, 0.05) is 15.9 Å². The Kier molecular flexibility index (Phi) is 7.12. The molecule has 1 aromatic heterocycles. The number of carbonyl (C=O) groups excluding carboxylic acids is 2. The first-order valence-corrected chi connectivity index (χ1v) is 10.7. The van der Waals surface area contributed by atoms with E-state index >= 15 is 0 Å². The lowest BCUT2D eigenvalue weighted by atomic mass is 9.91. The van der Waals surface area contributed by atoms with Crippen molar-refractivity contribution in [1.29, 1.82) is 0 Å². The molecule has 0 atom stereocenters. The number of ether oxygens (including phenoxy) is 2. The number of rotatable bonds is 8. The summed E-state index contributed by atoms with van der Waals surface area (Å²) in [5.74, 6) is 1.29. The molecule has 0 bridgehead atoms. The molecule has 0 amide bonds. The molecule has 0 radical (unpaired) electrons. The quantitative estimate of drug-likeness (QED) is 0.364. The molecule has 0 fully saturated rings. The molecule has 0 unspecified atom stereocenters. The number of Topliss-reactive ketones (excluding diaryl/α,β-unsaturated/α-hetero) is 1. The van der Waals surface area contributed by atoms with E-state index in [0.29, 0.717) is 28.0 Å². The van der Waals surface area contributed by atoms with Crippen molar-refractivity contribution in [2.75, 3.05) is 13.7 Å². The van der Waals surface area contributed by atoms with Gasteiger partial charge in [0.15, 0.2) is 12.4 Å². The van der Waals surface area contributed by atoms with Crippen LogP contribution in [0.25, 0.3) is 11.5 Å². The number of carbonyl (C=O) groups is 2. The van der Waals surface area contributed by atoms with Crippen LogP contribution < -0.4 is 4.74 Å². The van der Waals surface area contributed by atoms with Gasteiger partial charge < -0.3 is 13.9 Å². The van der Waals surface area contributed by atoms with Gasteiger partial charge in [0.25, 0.3) is 0 Å². The predicted molar refractivity (Wildman–Crippen MR) is 117 cm³/mol. The van der Waals surface area contributed by atoms with Gasteiger partial charge in [-0.3, -0.25) is 4.79 Å². The van der Waals surface area contributed by atoms with Crippen molar-refractivity contribution in [3.05, 3.63) is 60.0 Å². The average molecular weight is 441 g/mol. The first-order valence-electron chi connectivity index (χ1n) is 9.67. The Morgan fingerprint density at radius 1 is 1.03 bits per heavy atom. The number of hydrogen-bond donors (Lipinski definition) is 0. The molecule has 0 aliphatic heterocycles. The highest BCUT2D eigenvalue weighted by Gasteiger charge is 2.23. The number of aromatic nitrogens is 2. The summed E-state index contributed by atoms with van der Waals surface area (Å²) in [5, 5.41) is 8.17. The van der Waals surface area contributed by atoms with E-state index in [0.717, 1.165) is 11.3 Å². The van der Waals surface area contributed by atoms with Crippen LogP contribution in [-0.2, 0) is 15.3 Å². The fourth-order valence-corrected chi connectivity index (χ4v) is 3.37. The summed E-state index contributed by atoms with van der Waals surface area (Å²) in [4.78, 5) is 25.2. The largest absolute Gasteiger partial charge is 0.497 e. The van der Waals surface area contributed by atoms with Gasteiger partial charge in [0.1, 0.15) is 5.75 Å². The SMILES string of the molecule is COc1ccc(-c2nnc(CSc3ccccc3C(=O)OCC(=O)C(C)(C)C)o2)cc1. The van der Waals surface area contributed by atoms with Crippen LogP contribution in [0.15, 0.2) is 57.8 Å². The van der Waals surface area contributed by atoms with Crippen LogP contribution in [0.2, 0.25) is 0 Å². The Balaban J connectivity index is 1.64. The summed E-state index contributed by atoms with van der Waals surface area (Å²) in [6.45, 7) is 5.11. The van der Waals surface area contributed by atoms with E-state index in [4.69, 9.17) is 13.9 Å². The molecule has 2 aromatic carbocycles. The van der Waals surface area contributed by atoms with Crippen LogP contribution in [-0.4, -0.2) is 35.7 Å². The van der Waals surface area contributed by atoms with Gasteiger partial charge in [-0.15, -0.1) is 22.0 Å². The molecule has 8 heteroatoms. The monoisotopic (exact) mass is 440 g/mol. The normalized spacial score (nSPS) is 11.2. The Labute approximate surface area is 185 Å². The third kappa shape index (κ3) is 5.95. The maximum atomic E-state index is 12.5. The van der Waals surface area contributed by atoms with Crippen molar-refractivity contribution >= 4 is 23.5 Å². The van der Waals surface area contributed by atoms with Gasteiger partial charge in [-0.2, -0.15) is 0 Å². The van der Waals surface area contributed by atoms with Gasteiger partial charge in [-0.05, 0) is 36.4 Å². The first-order chi connectivity index (χ1) is 14.8. The summed E-state index contributed by atoms with van der Waals surface area (Å²) in [7, 11) is 1.60. The standard InChI is InChI=1S/C23H24N2O5S/c1-23(2,3)19(26)13-29-22(27)17-7-5-6-8-18(17)31-14-20-24-25-21(30-20)15-9-11-16(28-4)12-10-15/h5-12H,13-14H2,1-4H3. The zero-order valence-corrected chi connectivity index (χ0v) is 18.7. The van der Waals surface area contributed by atoms with Crippen molar-refractivity contribution in [2.45, 2.75) is 31.4 Å². The number of methoxy groups -OCH3 is 1. The lowest BCUT2D eigenvalue weighted by molar-refractivity contribution is -0.129. The lowest BCUT2D eigenvalue weighted by Crippen LogP contribution is -2.26. The van der Waals surface area contributed by atoms with Gasteiger partial charge in [0.05, 0.1) is 18.4 Å². The number of benzene rings is 2. The van der Waals surface area contributed by atoms with Gasteiger partial charge in [-0.25, -0.2) is 4.79 Å². The summed E-state index contributed by atoms with van der Waals surface area (Å²) >= 11 is 1.38. The number of esters is 1. The van der Waals surface area contributed by atoms with Crippen LogP contribution in [0, 0.1) is 5.41 Å². The molecule has 7 nitrogen and oxygen atoms in total. The molecule has 1 heterocycles. The molecule has 0 saturated heterocycles. The van der Waals surface area contributed by atoms with Crippen molar-refractivity contribution < 1.29 is 23.5 Å². The highest BCUT2D eigenvalue weighted by Crippen LogP contribution is 2.28. The van der Waals surface area contributed by atoms with E-state index in [9.17, 15) is 9.59 Å². The second-order valence-corrected chi connectivity index (χ2v) is 8.78. The second kappa shape index (κ2) is 9.78. The Bertz CT molecular complexity index is 1050. The number of nitrogens with zero attached hydrogens (tertiary/aromatic N) is 2. The minimum Gasteiger partial charge on any atom is -0.497 e. The van der Waals surface area contributed by atoms with E-state index < -0.39 is 11.4 Å². The third-order valence-corrected chi connectivity index (χ3v) is 5.49. The molecule has 0 saturated carbocycles. The van der Waals surface area contributed by atoms with Crippen molar-refractivity contribution in [2.24, 2.45) is 5.41 Å². The smallest absolute Gasteiger partial charge is 0.339 e. The highest BCUT2D eigenvalue weighted by atomic mass is 32.2. The Hall–Kier alpha value is -3.13. The number of thioether (sulfide) groups is 1. The van der Waals surface area contributed by atoms with E-state index in [2.05, 4.69) is 10.2 Å². The van der Waals surface area contributed by atoms with E-state index in [1.165, 1.54) is 11.8 Å². The third-order valence-electron chi connectivity index (χ3n) is 4.43. The average Bonchev–Trinajstić information content (AvgIpc) is 3.24. The van der Waals surface area contributed by atoms with E-state index in [1.807, 2.05) is 36.4 Å². The summed E-state index contributed by atoms with van der Waals surface area (Å²) < 4.78 is 16.1. The first kappa shape index (κ1) is 22.6. The fraction of sp³-hybridized carbons (Fsp3) is 0.304. The van der Waals surface area contributed by atoms with Gasteiger partial charge in [-0.1, -0.05) is 32.9 Å². The minimum absolute atomic E-state index is 0.136. The predicted octanol–water partition coefficient (Wildman–Crippen LogP) is 4.81. The Morgan fingerprint density at radius 3 is 2.42 bits per heavy atom. The maximum absolute atomic E-state index is 12.5. The molecule has 162 valence electrons. The number of ketones is 1. The zero-order chi connectivity index (χ0) is 22.4. The molecule has 0 N–H and O–H groups in total. The van der Waals surface area contributed by atoms with Gasteiger partial charge >= 0.3 is 5.97 Å². The molecule has 0 spiro atoms. The fourth-order valence-electron chi connectivity index (χ4n) is 2.49. The molecule has 3 aromatic rings. The summed E-state index contributed by atoms with van der Waals surface area (Å²) in [6, 6.07) is 14.4. The molecule has 0 aliphatic carbocycles. The van der Waals surface area contributed by atoms with Crippen LogP contribution in [0.1, 0.15) is 37.0 Å². The Morgan fingerprint density at radius 2 is 1.74 bits per heavy atom. The second-order valence-electron chi connectivity index (χ2n) is 7.76. The van der Waals surface area contributed by atoms with Crippen molar-refractivity contribution in [1.82, 2.24) is 10.2 Å². The van der Waals surface area contributed by atoms with Crippen LogP contribution in [0.5, 0.6) is 5.75 Å². The minimum atomic E-state index is -0.561. The zero-order valence-electron chi connectivity index (χ0n) is 17.9. The molecule has 3 rings (SSSR count). The van der Waals surface area contributed by atoms with E-state index in [-0.39, 0.29) is 12.4 Å². The number of hydrogen-bond acceptors (Lipinski definition) is 8. The van der Waals surface area contributed by atoms with Crippen LogP contribution in [0.3, 0.4) is 0 Å². The van der Waals surface area contributed by atoms with Crippen molar-refractivity contribution in [3.8, 4) is 17.2 Å². The van der Waals surface area contributed by atoms with Crippen molar-refractivity contribution in [3.63, 3.8) is 0 Å². The van der Waals surface area contributed by atoms with Crippen LogP contribution in [0.4, 0.5) is 0 Å². The summed E-state index contributed by atoms with van der Waals surface area (Å²) in [6.07, 6.45) is 0. The van der Waals surface area contributed by atoms with Gasteiger partial charge in [0.2, 0.25) is 11.8 Å². The summed E-state index contributed by atoms with van der Waals surface area (Å²) in [5.41, 5.74) is 0.620. The highest BCUT2D eigenvalue weighted by molar-refractivity contribution is 7.98. The molecular formula is C23H24N2O5S. The molecule has 31 heavy (non-hydrogen) atoms. The maximum Gasteiger partial charge on any atom is 0.339 e. The molecular weight excluding hydrogens is 416 g/mol. The lowest BCUT2D eigenvalue weighted by Gasteiger charge is -2.16. The topological polar surface area (TPSA) is 91.5 Å². The van der Waals surface area contributed by atoms with E-state index in [1.54, 1.807) is 40.0 Å².